The van der Waals surface area contributed by atoms with Gasteiger partial charge >= 0.3 is 0 Å². The minimum Gasteiger partial charge on any atom is -0.507 e. The van der Waals surface area contributed by atoms with Gasteiger partial charge < -0.3 is 5.11 Å². The second kappa shape index (κ2) is 9.24. The summed E-state index contributed by atoms with van der Waals surface area (Å²) in [5.41, 5.74) is 6.16. The quantitative estimate of drug-likeness (QED) is 0.380. The van der Waals surface area contributed by atoms with Crippen LogP contribution in [0.25, 0.3) is 11.1 Å². The van der Waals surface area contributed by atoms with Crippen LogP contribution in [-0.2, 0) is 6.54 Å². The van der Waals surface area contributed by atoms with Crippen LogP contribution in [0.2, 0.25) is 0 Å². The van der Waals surface area contributed by atoms with Gasteiger partial charge in [-0.25, -0.2) is 0 Å². The fourth-order valence-corrected chi connectivity index (χ4v) is 6.66. The molecule has 1 unspecified atom stereocenters. The first-order chi connectivity index (χ1) is 16.8. The molecular formula is C29H27N3OS. The highest BCUT2D eigenvalue weighted by atomic mass is 32.2. The third kappa shape index (κ3) is 4.10. The number of hydrogen-bond donors (Lipinski definition) is 1. The zero-order valence-electron chi connectivity index (χ0n) is 19.0. The summed E-state index contributed by atoms with van der Waals surface area (Å²) in [7, 11) is 0. The molecule has 0 aliphatic carbocycles. The Hall–Kier alpha value is -3.15. The lowest BCUT2D eigenvalue weighted by Gasteiger charge is -2.39. The van der Waals surface area contributed by atoms with Crippen molar-refractivity contribution in [1.29, 1.82) is 0 Å². The van der Waals surface area contributed by atoms with Crippen molar-refractivity contribution in [2.45, 2.75) is 35.1 Å². The molecule has 6 rings (SSSR count). The van der Waals surface area contributed by atoms with E-state index in [-0.39, 0.29) is 0 Å². The minimum absolute atomic E-state index is 0.307. The first-order valence-corrected chi connectivity index (χ1v) is 12.7. The normalized spacial score (nSPS) is 18.3. The molecule has 0 saturated carbocycles. The van der Waals surface area contributed by atoms with E-state index in [2.05, 4.69) is 63.4 Å². The number of hydrogen-bond acceptors (Lipinski definition) is 5. The van der Waals surface area contributed by atoms with E-state index in [9.17, 15) is 5.11 Å². The fourth-order valence-electron chi connectivity index (χ4n) is 5.45. The maximum atomic E-state index is 10.7. The Balaban J connectivity index is 1.30. The van der Waals surface area contributed by atoms with E-state index >= 15 is 0 Å². The standard InChI is InChI=1S/C29H27N3OS/c33-26-6-3-5-25-28(21-11-16-32(17-12-21)19-23-4-1-2-13-31-23)24-8-7-22(18-27(24)34-29(25)26)20-9-14-30-15-10-20/h1-10,13-15,18,21,28,33H,11-12,16-17,19H2. The van der Waals surface area contributed by atoms with Gasteiger partial charge in [-0.3, -0.25) is 14.9 Å². The molecule has 0 bridgehead atoms. The third-order valence-electron chi connectivity index (χ3n) is 7.15. The van der Waals surface area contributed by atoms with Crippen molar-refractivity contribution < 1.29 is 5.11 Å². The largest absolute Gasteiger partial charge is 0.507 e. The van der Waals surface area contributed by atoms with Crippen LogP contribution in [0, 0.1) is 5.92 Å². The molecule has 4 aromatic rings. The summed E-state index contributed by atoms with van der Waals surface area (Å²) in [4.78, 5) is 13.5. The molecule has 170 valence electrons. The Kier molecular flexibility index (Phi) is 5.81. The molecule has 0 amide bonds. The van der Waals surface area contributed by atoms with E-state index in [1.54, 1.807) is 11.8 Å². The fraction of sp³-hybridized carbons (Fsp3) is 0.241. The third-order valence-corrected chi connectivity index (χ3v) is 8.37. The Morgan fingerprint density at radius 1 is 0.853 bits per heavy atom. The van der Waals surface area contributed by atoms with Gasteiger partial charge in [-0.05, 0) is 90.5 Å². The first-order valence-electron chi connectivity index (χ1n) is 11.9. The topological polar surface area (TPSA) is 49.3 Å². The number of aromatic hydroxyl groups is 1. The van der Waals surface area contributed by atoms with E-state index in [1.807, 2.05) is 36.8 Å². The molecule has 1 saturated heterocycles. The van der Waals surface area contributed by atoms with E-state index in [0.29, 0.717) is 17.6 Å². The molecule has 0 radical (unpaired) electrons. The highest BCUT2D eigenvalue weighted by Crippen LogP contribution is 2.53. The second-order valence-electron chi connectivity index (χ2n) is 9.20. The first kappa shape index (κ1) is 21.4. The zero-order chi connectivity index (χ0) is 22.9. The molecular weight excluding hydrogens is 438 g/mol. The summed E-state index contributed by atoms with van der Waals surface area (Å²) >= 11 is 1.70. The number of piperidine rings is 1. The summed E-state index contributed by atoms with van der Waals surface area (Å²) in [5.74, 6) is 1.24. The van der Waals surface area contributed by atoms with Crippen molar-refractivity contribution in [2.75, 3.05) is 13.1 Å². The Labute approximate surface area is 204 Å². The van der Waals surface area contributed by atoms with Crippen molar-refractivity contribution in [3.8, 4) is 16.9 Å². The zero-order valence-corrected chi connectivity index (χ0v) is 19.8. The molecule has 5 heteroatoms. The van der Waals surface area contributed by atoms with Gasteiger partial charge in [0.25, 0.3) is 0 Å². The second-order valence-corrected chi connectivity index (χ2v) is 10.3. The van der Waals surface area contributed by atoms with Crippen LogP contribution in [0.5, 0.6) is 5.75 Å². The molecule has 1 fully saturated rings. The number of nitrogens with zero attached hydrogens (tertiary/aromatic N) is 3. The number of phenolic OH excluding ortho intramolecular Hbond substituents is 1. The number of rotatable bonds is 4. The van der Waals surface area contributed by atoms with Crippen molar-refractivity contribution in [3.05, 3.63) is 102 Å². The van der Waals surface area contributed by atoms with Crippen molar-refractivity contribution in [3.63, 3.8) is 0 Å². The van der Waals surface area contributed by atoms with Gasteiger partial charge in [0.15, 0.2) is 0 Å². The summed E-state index contributed by atoms with van der Waals surface area (Å²) in [5, 5.41) is 10.7. The highest BCUT2D eigenvalue weighted by molar-refractivity contribution is 7.99. The number of fused-ring (bicyclic) bond motifs is 2. The van der Waals surface area contributed by atoms with Crippen LogP contribution in [0.1, 0.15) is 35.6 Å². The predicted molar refractivity (Wildman–Crippen MR) is 136 cm³/mol. The summed E-state index contributed by atoms with van der Waals surface area (Å²) in [6, 6.07) is 23.1. The van der Waals surface area contributed by atoms with Crippen LogP contribution in [-0.4, -0.2) is 33.1 Å². The van der Waals surface area contributed by atoms with E-state index < -0.39 is 0 Å². The lowest BCUT2D eigenvalue weighted by molar-refractivity contribution is 0.165. The molecule has 2 aromatic heterocycles. The molecule has 2 aliphatic heterocycles. The summed E-state index contributed by atoms with van der Waals surface area (Å²) in [6.45, 7) is 3.06. The molecule has 1 N–H and O–H groups in total. The molecule has 34 heavy (non-hydrogen) atoms. The lowest BCUT2D eigenvalue weighted by Crippen LogP contribution is -2.36. The average Bonchev–Trinajstić information content (AvgIpc) is 2.89. The average molecular weight is 466 g/mol. The number of benzene rings is 2. The van der Waals surface area contributed by atoms with Gasteiger partial charge in [0.1, 0.15) is 5.75 Å². The van der Waals surface area contributed by atoms with Gasteiger partial charge in [0.05, 0.1) is 10.6 Å². The summed E-state index contributed by atoms with van der Waals surface area (Å²) < 4.78 is 0. The van der Waals surface area contributed by atoms with E-state index in [1.165, 1.54) is 27.1 Å². The van der Waals surface area contributed by atoms with Crippen molar-refractivity contribution >= 4 is 11.8 Å². The Morgan fingerprint density at radius 2 is 1.71 bits per heavy atom. The molecule has 4 nitrogen and oxygen atoms in total. The van der Waals surface area contributed by atoms with Crippen molar-refractivity contribution in [2.24, 2.45) is 5.92 Å². The Bertz CT molecular complexity index is 1290. The molecule has 4 heterocycles. The van der Waals surface area contributed by atoms with Gasteiger partial charge in [-0.1, -0.05) is 42.1 Å². The predicted octanol–water partition coefficient (Wildman–Crippen LogP) is 6.36. The molecule has 2 aliphatic rings. The maximum Gasteiger partial charge on any atom is 0.129 e. The smallest absolute Gasteiger partial charge is 0.129 e. The Morgan fingerprint density at radius 3 is 2.50 bits per heavy atom. The van der Waals surface area contributed by atoms with Gasteiger partial charge in [0, 0.05) is 35.9 Å². The molecule has 1 atom stereocenters. The highest BCUT2D eigenvalue weighted by Gasteiger charge is 2.35. The monoisotopic (exact) mass is 465 g/mol. The SMILES string of the molecule is Oc1cccc2c1Sc1cc(-c3ccncc3)ccc1C2C1CCN(Cc2ccccn2)CC1. The van der Waals surface area contributed by atoms with Crippen LogP contribution < -0.4 is 0 Å². The van der Waals surface area contributed by atoms with E-state index in [4.69, 9.17) is 0 Å². The van der Waals surface area contributed by atoms with Crippen LogP contribution >= 0.6 is 11.8 Å². The minimum atomic E-state index is 0.307. The molecule has 2 aromatic carbocycles. The van der Waals surface area contributed by atoms with Crippen LogP contribution in [0.15, 0.2) is 95.1 Å². The van der Waals surface area contributed by atoms with Crippen molar-refractivity contribution in [1.82, 2.24) is 14.9 Å². The summed E-state index contributed by atoms with van der Waals surface area (Å²) in [6.07, 6.45) is 7.84. The van der Waals surface area contributed by atoms with Crippen LogP contribution in [0.3, 0.4) is 0 Å². The van der Waals surface area contributed by atoms with Crippen LogP contribution in [0.4, 0.5) is 0 Å². The number of likely N-dealkylation sites (tertiary alicyclic amines) is 1. The number of aromatic nitrogens is 2. The number of phenols is 1. The van der Waals surface area contributed by atoms with E-state index in [0.717, 1.165) is 43.1 Å². The number of pyridine rings is 2. The molecule has 0 spiro atoms. The van der Waals surface area contributed by atoms with Gasteiger partial charge in [-0.15, -0.1) is 0 Å². The van der Waals surface area contributed by atoms with Gasteiger partial charge in [0.2, 0.25) is 0 Å². The lowest BCUT2D eigenvalue weighted by atomic mass is 9.75. The van der Waals surface area contributed by atoms with Gasteiger partial charge in [-0.2, -0.15) is 0 Å². The maximum absolute atomic E-state index is 10.7.